The Kier molecular flexibility index (Phi) is 11.4. The fraction of sp³-hybridized carbons (Fsp3) is 0.650. The van der Waals surface area contributed by atoms with E-state index < -0.39 is 0 Å². The molecule has 0 spiro atoms. The summed E-state index contributed by atoms with van der Waals surface area (Å²) in [4.78, 5) is 11.4. The zero-order chi connectivity index (χ0) is 18.5. The van der Waals surface area contributed by atoms with Crippen molar-refractivity contribution in [3.8, 4) is 17.2 Å². The Hall–Kier alpha value is -1.23. The van der Waals surface area contributed by atoms with E-state index in [2.05, 4.69) is 15.9 Å². The van der Waals surface area contributed by atoms with E-state index in [4.69, 9.17) is 14.2 Å². The molecule has 0 amide bonds. The number of ether oxygens (including phenoxy) is 3. The van der Waals surface area contributed by atoms with Crippen molar-refractivity contribution in [2.45, 2.75) is 57.8 Å². The first-order chi connectivity index (χ1) is 12.2. The van der Waals surface area contributed by atoms with Crippen LogP contribution in [-0.2, 0) is 6.42 Å². The van der Waals surface area contributed by atoms with E-state index in [-0.39, 0.29) is 0 Å². The number of alkyl halides is 1. The monoisotopic (exact) mass is 414 g/mol. The Balaban J connectivity index is 2.56. The fourth-order valence-electron chi connectivity index (χ4n) is 3.06. The van der Waals surface area contributed by atoms with Crippen LogP contribution in [0, 0.1) is 0 Å². The molecule has 1 aromatic carbocycles. The van der Waals surface area contributed by atoms with Gasteiger partial charge >= 0.3 is 0 Å². The summed E-state index contributed by atoms with van der Waals surface area (Å²) in [5, 5.41) is 1.11. The van der Waals surface area contributed by atoms with Crippen LogP contribution in [0.2, 0.25) is 0 Å². The largest absolute Gasteiger partial charge is 0.492 e. The molecule has 142 valence electrons. The maximum Gasteiger partial charge on any atom is 0.204 e. The molecule has 25 heavy (non-hydrogen) atoms. The van der Waals surface area contributed by atoms with Crippen molar-refractivity contribution in [2.75, 3.05) is 26.7 Å². The molecule has 0 fully saturated rings. The number of hydrogen-bond donors (Lipinski definition) is 0. The van der Waals surface area contributed by atoms with Crippen molar-refractivity contribution >= 4 is 22.2 Å². The first-order valence-corrected chi connectivity index (χ1v) is 10.2. The summed E-state index contributed by atoms with van der Waals surface area (Å²) in [6.45, 7) is 0. The zero-order valence-corrected chi connectivity index (χ0v) is 17.3. The third-order valence-electron chi connectivity index (χ3n) is 4.37. The minimum absolute atomic E-state index is 0.432. The number of hydrogen-bond acceptors (Lipinski definition) is 4. The summed E-state index contributed by atoms with van der Waals surface area (Å²) in [7, 11) is 4.71. The first-order valence-electron chi connectivity index (χ1n) is 9.06. The molecular weight excluding hydrogens is 384 g/mol. The number of rotatable bonds is 14. The van der Waals surface area contributed by atoms with Gasteiger partial charge in [0.05, 0.1) is 26.9 Å². The molecule has 0 bridgehead atoms. The van der Waals surface area contributed by atoms with E-state index in [1.165, 1.54) is 52.1 Å². The van der Waals surface area contributed by atoms with Gasteiger partial charge < -0.3 is 14.2 Å². The van der Waals surface area contributed by atoms with Crippen LogP contribution >= 0.6 is 15.9 Å². The Morgan fingerprint density at radius 1 is 0.800 bits per heavy atom. The van der Waals surface area contributed by atoms with Gasteiger partial charge in [0, 0.05) is 5.33 Å². The summed E-state index contributed by atoms with van der Waals surface area (Å²) in [5.41, 5.74) is 1.50. The van der Waals surface area contributed by atoms with E-state index in [1.807, 2.05) is 6.07 Å². The van der Waals surface area contributed by atoms with Gasteiger partial charge in [-0.3, -0.25) is 4.79 Å². The van der Waals surface area contributed by atoms with Crippen molar-refractivity contribution in [1.82, 2.24) is 0 Å². The van der Waals surface area contributed by atoms with Crippen LogP contribution in [0.4, 0.5) is 0 Å². The fourth-order valence-corrected chi connectivity index (χ4v) is 3.46. The Morgan fingerprint density at radius 2 is 1.32 bits per heavy atom. The molecule has 0 aliphatic rings. The second-order valence-corrected chi connectivity index (χ2v) is 6.90. The summed E-state index contributed by atoms with van der Waals surface area (Å²) in [6.07, 6.45) is 11.7. The Labute approximate surface area is 160 Å². The molecule has 1 rings (SSSR count). The number of aldehydes is 1. The summed E-state index contributed by atoms with van der Waals surface area (Å²) < 4.78 is 16.3. The highest BCUT2D eigenvalue weighted by atomic mass is 79.9. The van der Waals surface area contributed by atoms with Crippen molar-refractivity contribution in [3.63, 3.8) is 0 Å². The molecule has 0 saturated heterocycles. The van der Waals surface area contributed by atoms with Gasteiger partial charge in [0.25, 0.3) is 0 Å². The molecule has 0 N–H and O–H groups in total. The Bertz CT molecular complexity index is 517. The average molecular weight is 415 g/mol. The van der Waals surface area contributed by atoms with Crippen LogP contribution in [-0.4, -0.2) is 32.9 Å². The lowest BCUT2D eigenvalue weighted by molar-refractivity contribution is 0.111. The molecular formula is C20H31BrO4. The van der Waals surface area contributed by atoms with Crippen LogP contribution in [0.25, 0.3) is 0 Å². The highest BCUT2D eigenvalue weighted by molar-refractivity contribution is 9.09. The smallest absolute Gasteiger partial charge is 0.204 e. The van der Waals surface area contributed by atoms with Gasteiger partial charge in [-0.15, -0.1) is 0 Å². The minimum Gasteiger partial charge on any atom is -0.492 e. The van der Waals surface area contributed by atoms with Gasteiger partial charge in [0.2, 0.25) is 5.75 Å². The number of benzene rings is 1. The van der Waals surface area contributed by atoms with Gasteiger partial charge in [-0.1, -0.05) is 54.5 Å². The van der Waals surface area contributed by atoms with E-state index in [0.29, 0.717) is 22.8 Å². The van der Waals surface area contributed by atoms with Gasteiger partial charge in [-0.05, 0) is 30.9 Å². The van der Waals surface area contributed by atoms with Crippen LogP contribution in [0.5, 0.6) is 17.2 Å². The number of unbranched alkanes of at least 4 members (excludes halogenated alkanes) is 7. The molecule has 0 radical (unpaired) electrons. The molecule has 4 nitrogen and oxygen atoms in total. The average Bonchev–Trinajstić information content (AvgIpc) is 2.65. The second-order valence-electron chi connectivity index (χ2n) is 6.11. The molecule has 0 atom stereocenters. The van der Waals surface area contributed by atoms with E-state index in [1.54, 1.807) is 14.2 Å². The normalized spacial score (nSPS) is 10.6. The lowest BCUT2D eigenvalue weighted by Crippen LogP contribution is -2.02. The molecule has 5 heteroatoms. The highest BCUT2D eigenvalue weighted by Gasteiger charge is 2.20. The molecule has 1 aromatic rings. The van der Waals surface area contributed by atoms with Gasteiger partial charge in [0.1, 0.15) is 0 Å². The van der Waals surface area contributed by atoms with Crippen LogP contribution in [0.3, 0.4) is 0 Å². The number of carbonyl (C=O) groups is 1. The lowest BCUT2D eigenvalue weighted by Gasteiger charge is -2.17. The first kappa shape index (κ1) is 21.8. The molecule has 0 saturated carbocycles. The van der Waals surface area contributed by atoms with Crippen LogP contribution < -0.4 is 14.2 Å². The number of aryl methyl sites for hydroxylation is 1. The third kappa shape index (κ3) is 6.89. The maximum absolute atomic E-state index is 11.4. The summed E-state index contributed by atoms with van der Waals surface area (Å²) >= 11 is 3.47. The van der Waals surface area contributed by atoms with Gasteiger partial charge in [-0.25, -0.2) is 0 Å². The van der Waals surface area contributed by atoms with Crippen molar-refractivity contribution < 1.29 is 19.0 Å². The number of halogens is 1. The van der Waals surface area contributed by atoms with Crippen LogP contribution in [0.15, 0.2) is 6.07 Å². The highest BCUT2D eigenvalue weighted by Crippen LogP contribution is 2.42. The maximum atomic E-state index is 11.4. The van der Waals surface area contributed by atoms with E-state index in [9.17, 15) is 4.79 Å². The molecule has 0 aromatic heterocycles. The number of carbonyl (C=O) groups excluding carboxylic acids is 1. The summed E-state index contributed by atoms with van der Waals surface area (Å²) in [6, 6.07) is 1.85. The van der Waals surface area contributed by atoms with Crippen molar-refractivity contribution in [1.29, 1.82) is 0 Å². The molecule has 0 aliphatic carbocycles. The topological polar surface area (TPSA) is 44.8 Å². The third-order valence-corrected chi connectivity index (χ3v) is 4.93. The SMILES string of the molecule is COc1c(C=O)cc(CCCCCCCCCCBr)c(OC)c1OC. The quantitative estimate of drug-likeness (QED) is 0.226. The molecule has 0 aliphatic heterocycles. The van der Waals surface area contributed by atoms with E-state index in [0.717, 1.165) is 30.0 Å². The Morgan fingerprint density at radius 3 is 1.80 bits per heavy atom. The zero-order valence-electron chi connectivity index (χ0n) is 15.7. The van der Waals surface area contributed by atoms with Crippen molar-refractivity contribution in [2.24, 2.45) is 0 Å². The predicted molar refractivity (Wildman–Crippen MR) is 106 cm³/mol. The minimum atomic E-state index is 0.432. The van der Waals surface area contributed by atoms with Crippen molar-refractivity contribution in [3.05, 3.63) is 17.2 Å². The van der Waals surface area contributed by atoms with Crippen LogP contribution in [0.1, 0.15) is 67.3 Å². The molecule has 0 heterocycles. The second kappa shape index (κ2) is 13.0. The van der Waals surface area contributed by atoms with Gasteiger partial charge in [-0.2, -0.15) is 0 Å². The molecule has 0 unspecified atom stereocenters. The standard InChI is InChI=1S/C20H31BrO4/c1-23-18-16(12-10-8-6-4-5-7-9-11-13-21)14-17(15-22)19(24-2)20(18)25-3/h14-15H,4-13H2,1-3H3. The summed E-state index contributed by atoms with van der Waals surface area (Å²) in [5.74, 6) is 1.60. The number of methoxy groups -OCH3 is 3. The lowest BCUT2D eigenvalue weighted by atomic mass is 10.0. The predicted octanol–water partition coefficient (Wildman–Crippen LogP) is 5.58. The van der Waals surface area contributed by atoms with E-state index >= 15 is 0 Å². The van der Waals surface area contributed by atoms with Gasteiger partial charge in [0.15, 0.2) is 17.8 Å².